The van der Waals surface area contributed by atoms with Crippen molar-refractivity contribution in [2.75, 3.05) is 26.7 Å². The van der Waals surface area contributed by atoms with Gasteiger partial charge in [-0.25, -0.2) is 9.40 Å². The maximum absolute atomic E-state index is 13.6. The minimum Gasteiger partial charge on any atom is -0.367 e. The third-order valence-corrected chi connectivity index (χ3v) is 7.05. The van der Waals surface area contributed by atoms with Crippen molar-refractivity contribution in [1.29, 1.82) is 0 Å². The molecule has 206 valence electrons. The van der Waals surface area contributed by atoms with Crippen LogP contribution in [-0.4, -0.2) is 70.5 Å². The van der Waals surface area contributed by atoms with E-state index in [0.717, 1.165) is 12.0 Å². The number of hydrogen-bond donors (Lipinski definition) is 1. The Balaban J connectivity index is 0.00000195. The first-order valence-corrected chi connectivity index (χ1v) is 13.6. The Bertz CT molecular complexity index is 1080. The van der Waals surface area contributed by atoms with Gasteiger partial charge >= 0.3 is 0 Å². The summed E-state index contributed by atoms with van der Waals surface area (Å²) in [5.41, 5.74) is 2.10. The SMILES string of the molecule is C=C(NCc1ccc(F)cc1)N1C2CN(CC(C)c3ccccc3)C(=O)[C@H](CCC)N2C(=O)CN1C.CC. The van der Waals surface area contributed by atoms with Crippen molar-refractivity contribution in [3.05, 3.63) is 83.9 Å². The maximum Gasteiger partial charge on any atom is 0.245 e. The quantitative estimate of drug-likeness (QED) is 0.523. The van der Waals surface area contributed by atoms with Crippen LogP contribution >= 0.6 is 0 Å². The fourth-order valence-corrected chi connectivity index (χ4v) is 5.22. The molecule has 2 saturated heterocycles. The number of nitrogens with one attached hydrogen (secondary N) is 1. The molecule has 38 heavy (non-hydrogen) atoms. The molecule has 2 fully saturated rings. The number of rotatable bonds is 9. The molecule has 0 spiro atoms. The minimum absolute atomic E-state index is 0.0126. The first-order chi connectivity index (χ1) is 18.3. The zero-order chi connectivity index (χ0) is 27.8. The zero-order valence-electron chi connectivity index (χ0n) is 23.4. The van der Waals surface area contributed by atoms with Crippen molar-refractivity contribution in [3.63, 3.8) is 0 Å². The number of amides is 2. The normalized spacial score (nSPS) is 20.4. The van der Waals surface area contributed by atoms with E-state index in [-0.39, 0.29) is 36.3 Å². The molecule has 2 aliphatic rings. The van der Waals surface area contributed by atoms with Gasteiger partial charge in [0.05, 0.1) is 13.1 Å². The zero-order valence-corrected chi connectivity index (χ0v) is 23.4. The maximum atomic E-state index is 13.6. The highest BCUT2D eigenvalue weighted by molar-refractivity contribution is 5.90. The highest BCUT2D eigenvalue weighted by atomic mass is 19.1. The van der Waals surface area contributed by atoms with Crippen LogP contribution in [0.1, 0.15) is 57.6 Å². The van der Waals surface area contributed by atoms with Crippen molar-refractivity contribution in [2.45, 2.75) is 65.2 Å². The fourth-order valence-electron chi connectivity index (χ4n) is 5.22. The molecule has 3 atom stereocenters. The summed E-state index contributed by atoms with van der Waals surface area (Å²) in [6, 6.07) is 16.0. The number of nitrogens with zero attached hydrogens (tertiary/aromatic N) is 4. The van der Waals surface area contributed by atoms with Crippen molar-refractivity contribution in [3.8, 4) is 0 Å². The molecule has 2 aromatic carbocycles. The molecule has 2 aliphatic heterocycles. The minimum atomic E-state index is -0.495. The van der Waals surface area contributed by atoms with E-state index in [4.69, 9.17) is 0 Å². The summed E-state index contributed by atoms with van der Waals surface area (Å²) >= 11 is 0. The van der Waals surface area contributed by atoms with E-state index in [9.17, 15) is 14.0 Å². The fraction of sp³-hybridized carbons (Fsp3) is 0.467. The molecule has 0 radical (unpaired) electrons. The standard InChI is InChI=1S/C28H36FN5O2.C2H6/c1-5-9-25-28(36)32(17-20(2)23-10-7-6-8-11-23)18-26-33(25)27(35)19-31(4)34(26)21(3)30-16-22-12-14-24(29)15-13-22;1-2/h6-8,10-15,20,25-26,30H,3,5,9,16-19H2,1-2,4H3;1-2H3/t20?,25-,26?;/m0./s1. The van der Waals surface area contributed by atoms with Crippen LogP contribution in [0.2, 0.25) is 0 Å². The van der Waals surface area contributed by atoms with Gasteiger partial charge in [0.25, 0.3) is 0 Å². The largest absolute Gasteiger partial charge is 0.367 e. The number of piperazine rings is 1. The van der Waals surface area contributed by atoms with Crippen LogP contribution in [0.15, 0.2) is 67.0 Å². The van der Waals surface area contributed by atoms with Gasteiger partial charge in [-0.3, -0.25) is 14.6 Å². The van der Waals surface area contributed by atoms with Gasteiger partial charge in [-0.15, -0.1) is 0 Å². The van der Waals surface area contributed by atoms with Crippen LogP contribution in [0.4, 0.5) is 4.39 Å². The van der Waals surface area contributed by atoms with Gasteiger partial charge in [-0.1, -0.05) is 83.2 Å². The molecule has 2 heterocycles. The topological polar surface area (TPSA) is 59.1 Å². The average Bonchev–Trinajstić information content (AvgIpc) is 2.92. The van der Waals surface area contributed by atoms with Crippen LogP contribution in [0.25, 0.3) is 0 Å². The van der Waals surface area contributed by atoms with Crippen molar-refractivity contribution in [1.82, 2.24) is 25.1 Å². The van der Waals surface area contributed by atoms with Crippen LogP contribution in [-0.2, 0) is 16.1 Å². The summed E-state index contributed by atoms with van der Waals surface area (Å²) in [6.07, 6.45) is 1.06. The molecule has 7 nitrogen and oxygen atoms in total. The van der Waals surface area contributed by atoms with Crippen molar-refractivity contribution in [2.24, 2.45) is 0 Å². The summed E-state index contributed by atoms with van der Waals surface area (Å²) in [7, 11) is 1.86. The monoisotopic (exact) mass is 523 g/mol. The predicted octanol–water partition coefficient (Wildman–Crippen LogP) is 4.54. The van der Waals surface area contributed by atoms with E-state index in [1.165, 1.54) is 17.7 Å². The van der Waals surface area contributed by atoms with E-state index in [2.05, 4.69) is 31.0 Å². The summed E-state index contributed by atoms with van der Waals surface area (Å²) in [5.74, 6) is 0.478. The van der Waals surface area contributed by atoms with Gasteiger partial charge in [0.15, 0.2) is 0 Å². The van der Waals surface area contributed by atoms with Gasteiger partial charge in [0.1, 0.15) is 23.8 Å². The number of likely N-dealkylation sites (N-methyl/N-ethyl adjacent to an activating group) is 1. The Hall–Kier alpha value is -3.39. The Labute approximate surface area is 226 Å². The Morgan fingerprint density at radius 2 is 1.76 bits per heavy atom. The van der Waals surface area contributed by atoms with Crippen molar-refractivity contribution >= 4 is 11.8 Å². The second-order valence-electron chi connectivity index (χ2n) is 9.73. The lowest BCUT2D eigenvalue weighted by molar-refractivity contribution is -0.192. The molecule has 1 N–H and O–H groups in total. The number of benzene rings is 2. The van der Waals surface area contributed by atoms with Crippen LogP contribution in [0, 0.1) is 5.82 Å². The van der Waals surface area contributed by atoms with Crippen LogP contribution in [0.5, 0.6) is 0 Å². The number of halogens is 1. The van der Waals surface area contributed by atoms with Crippen LogP contribution < -0.4 is 5.32 Å². The van der Waals surface area contributed by atoms with Gasteiger partial charge in [-0.05, 0) is 35.6 Å². The van der Waals surface area contributed by atoms with Crippen molar-refractivity contribution < 1.29 is 14.0 Å². The molecule has 4 rings (SSSR count). The summed E-state index contributed by atoms with van der Waals surface area (Å²) < 4.78 is 13.3. The third-order valence-electron chi connectivity index (χ3n) is 7.05. The molecule has 0 aromatic heterocycles. The molecular weight excluding hydrogens is 481 g/mol. The lowest BCUT2D eigenvalue weighted by Crippen LogP contribution is -2.74. The second-order valence-corrected chi connectivity index (χ2v) is 9.73. The molecule has 2 unspecified atom stereocenters. The predicted molar refractivity (Wildman–Crippen MR) is 149 cm³/mol. The molecular formula is C30H42FN5O2. The molecule has 2 aromatic rings. The third kappa shape index (κ3) is 6.54. The summed E-state index contributed by atoms with van der Waals surface area (Å²) in [6.45, 7) is 14.0. The highest BCUT2D eigenvalue weighted by Crippen LogP contribution is 2.30. The Morgan fingerprint density at radius 1 is 1.11 bits per heavy atom. The first kappa shape index (κ1) is 29.2. The molecule has 8 heteroatoms. The van der Waals surface area contributed by atoms with Gasteiger partial charge in [0, 0.05) is 20.1 Å². The summed E-state index contributed by atoms with van der Waals surface area (Å²) in [5, 5.41) is 7.18. The Kier molecular flexibility index (Phi) is 10.3. The number of fused-ring (bicyclic) bond motifs is 1. The lowest BCUT2D eigenvalue weighted by Gasteiger charge is -2.56. The summed E-state index contributed by atoms with van der Waals surface area (Å²) in [4.78, 5) is 30.5. The smallest absolute Gasteiger partial charge is 0.245 e. The van der Waals surface area contributed by atoms with E-state index < -0.39 is 6.04 Å². The molecule has 0 bridgehead atoms. The van der Waals surface area contributed by atoms with E-state index in [1.54, 1.807) is 17.0 Å². The van der Waals surface area contributed by atoms with Gasteiger partial charge in [-0.2, -0.15) is 0 Å². The number of hydrogen-bond acceptors (Lipinski definition) is 5. The van der Waals surface area contributed by atoms with Gasteiger partial charge in [0.2, 0.25) is 11.8 Å². The number of carbonyl (C=O) groups is 2. The average molecular weight is 524 g/mol. The lowest BCUT2D eigenvalue weighted by atomic mass is 9.97. The van der Waals surface area contributed by atoms with Crippen LogP contribution in [0.3, 0.4) is 0 Å². The second kappa shape index (κ2) is 13.4. The van der Waals surface area contributed by atoms with E-state index in [1.807, 2.05) is 60.9 Å². The van der Waals surface area contributed by atoms with E-state index in [0.29, 0.717) is 31.9 Å². The Morgan fingerprint density at radius 3 is 2.39 bits per heavy atom. The molecule has 2 amide bonds. The molecule has 0 aliphatic carbocycles. The molecule has 0 saturated carbocycles. The van der Waals surface area contributed by atoms with E-state index >= 15 is 0 Å². The highest BCUT2D eigenvalue weighted by Gasteiger charge is 2.49. The first-order valence-electron chi connectivity index (χ1n) is 13.6. The number of hydrazine groups is 1. The van der Waals surface area contributed by atoms with Gasteiger partial charge < -0.3 is 15.1 Å². The number of carbonyl (C=O) groups excluding carboxylic acids is 2.